The van der Waals surface area contributed by atoms with E-state index in [0.717, 1.165) is 5.57 Å². The number of allylic oxidation sites excluding steroid dienone is 7. The second kappa shape index (κ2) is 10.3. The van der Waals surface area contributed by atoms with Crippen LogP contribution in [0, 0.1) is 0 Å². The molecule has 0 aliphatic heterocycles. The molecule has 0 saturated heterocycles. The van der Waals surface area contributed by atoms with Crippen LogP contribution in [0.15, 0.2) is 90.6 Å². The van der Waals surface area contributed by atoms with Crippen molar-refractivity contribution in [1.82, 2.24) is 0 Å². The van der Waals surface area contributed by atoms with Gasteiger partial charge in [0.2, 0.25) is 0 Å². The fourth-order valence-electron chi connectivity index (χ4n) is 1.93. The molecule has 0 radical (unpaired) electrons. The zero-order chi connectivity index (χ0) is 16.5. The molecule has 3 rings (SSSR count). The molecule has 0 amide bonds. The van der Waals surface area contributed by atoms with Crippen molar-refractivity contribution in [2.75, 3.05) is 7.11 Å². The number of hydrogen-bond donors (Lipinski definition) is 1. The zero-order valence-corrected chi connectivity index (χ0v) is 14.3. The molecule has 124 valence electrons. The van der Waals surface area contributed by atoms with E-state index in [9.17, 15) is 10.2 Å². The Bertz CT molecular complexity index is 707. The Balaban J connectivity index is 0.000000412. The quantitative estimate of drug-likeness (QED) is 0.516. The number of aromatic hydroxyl groups is 1. The van der Waals surface area contributed by atoms with Crippen LogP contribution in [0.3, 0.4) is 0 Å². The molecule has 0 bridgehead atoms. The van der Waals surface area contributed by atoms with E-state index in [-0.39, 0.29) is 34.1 Å². The summed E-state index contributed by atoms with van der Waals surface area (Å²) in [6.45, 7) is 0. The molecule has 0 saturated carbocycles. The number of methoxy groups -OCH3 is 1. The van der Waals surface area contributed by atoms with Gasteiger partial charge in [-0.15, -0.1) is 0 Å². The molecule has 1 aliphatic rings. The van der Waals surface area contributed by atoms with Gasteiger partial charge < -0.3 is 14.9 Å². The predicted molar refractivity (Wildman–Crippen MR) is 91.0 cm³/mol. The average Bonchev–Trinajstić information content (AvgIpc) is 3.28. The van der Waals surface area contributed by atoms with Crippen molar-refractivity contribution in [3.8, 4) is 11.5 Å². The summed E-state index contributed by atoms with van der Waals surface area (Å²) in [5.74, 6) is 0.201. The maximum Gasteiger partial charge on any atom is 2.00 e. The topological polar surface area (TPSA) is 52.5 Å². The molecule has 0 fully saturated rings. The van der Waals surface area contributed by atoms with Gasteiger partial charge in [-0.05, 0) is 17.7 Å². The van der Waals surface area contributed by atoms with Gasteiger partial charge in [-0.2, -0.15) is 18.2 Å². The van der Waals surface area contributed by atoms with Crippen LogP contribution < -0.4 is 9.84 Å². The summed E-state index contributed by atoms with van der Waals surface area (Å²) in [4.78, 5) is 0. The van der Waals surface area contributed by atoms with Gasteiger partial charge in [0, 0.05) is 11.6 Å². The smallest absolute Gasteiger partial charge is 0.872 e. The van der Waals surface area contributed by atoms with Crippen LogP contribution in [-0.4, -0.2) is 12.2 Å². The van der Waals surface area contributed by atoms with Crippen molar-refractivity contribution < 1.29 is 32.0 Å². The first-order valence-corrected chi connectivity index (χ1v) is 7.18. The largest absolute Gasteiger partial charge is 2.00 e. The molecule has 4 heteroatoms. The molecule has 0 spiro atoms. The van der Waals surface area contributed by atoms with Gasteiger partial charge in [-0.25, -0.2) is 12.1 Å². The van der Waals surface area contributed by atoms with Crippen molar-refractivity contribution in [3.05, 3.63) is 96.1 Å². The molecule has 0 atom stereocenters. The Kier molecular flexibility index (Phi) is 8.34. The first-order valence-electron chi connectivity index (χ1n) is 7.18. The third kappa shape index (κ3) is 5.92. The maximum atomic E-state index is 11.9. The van der Waals surface area contributed by atoms with Crippen molar-refractivity contribution >= 4 is 5.76 Å². The molecule has 2 aromatic rings. The second-order valence-corrected chi connectivity index (χ2v) is 4.76. The van der Waals surface area contributed by atoms with Gasteiger partial charge in [-0.1, -0.05) is 42.2 Å². The van der Waals surface area contributed by atoms with Crippen molar-refractivity contribution in [3.63, 3.8) is 0 Å². The number of hydrogen-bond acceptors (Lipinski definition) is 3. The van der Waals surface area contributed by atoms with E-state index in [1.807, 2.05) is 54.6 Å². The maximum absolute atomic E-state index is 11.9. The fraction of sp³-hybridized carbons (Fsp3) is 0.0500. The van der Waals surface area contributed by atoms with Crippen LogP contribution >= 0.6 is 0 Å². The van der Waals surface area contributed by atoms with E-state index in [1.165, 1.54) is 19.3 Å². The Labute approximate surface area is 152 Å². The minimum atomic E-state index is -0.239. The van der Waals surface area contributed by atoms with Gasteiger partial charge in [0.25, 0.3) is 0 Å². The molecule has 3 nitrogen and oxygen atoms in total. The molecule has 24 heavy (non-hydrogen) atoms. The number of ether oxygens (including phenoxy) is 1. The van der Waals surface area contributed by atoms with Crippen molar-refractivity contribution in [2.24, 2.45) is 0 Å². The number of phenols is 1. The number of rotatable bonds is 3. The standard InChI is InChI=1S/C15H14O3.C5H5.Fe/c1-18-12-7-8-13(15(17)10-12)14(16)9-6-11-4-2-3-5-11;1-2-4-5-3-1;/h2-10,16-17H,1H3;1-5H;/q;-1;+2/p-1. The Morgan fingerprint density at radius 3 is 2.33 bits per heavy atom. The van der Waals surface area contributed by atoms with Crippen LogP contribution in [0.1, 0.15) is 5.56 Å². The van der Waals surface area contributed by atoms with Crippen LogP contribution in [0.4, 0.5) is 0 Å². The summed E-state index contributed by atoms with van der Waals surface area (Å²) < 4.78 is 4.96. The summed E-state index contributed by atoms with van der Waals surface area (Å²) in [5, 5.41) is 21.6. The van der Waals surface area contributed by atoms with Gasteiger partial charge in [-0.3, -0.25) is 0 Å². The van der Waals surface area contributed by atoms with Gasteiger partial charge in [0.15, 0.2) is 0 Å². The predicted octanol–water partition coefficient (Wildman–Crippen LogP) is 3.56. The first kappa shape index (κ1) is 19.5. The summed E-state index contributed by atoms with van der Waals surface area (Å²) >= 11 is 0. The Morgan fingerprint density at radius 2 is 1.83 bits per heavy atom. The minimum absolute atomic E-state index is 0. The molecular formula is C20H18FeO3. The summed E-state index contributed by atoms with van der Waals surface area (Å²) in [5.41, 5.74) is 1.22. The van der Waals surface area contributed by atoms with Crippen LogP contribution in [0.5, 0.6) is 11.5 Å². The van der Waals surface area contributed by atoms with Crippen molar-refractivity contribution in [1.29, 1.82) is 0 Å². The van der Waals surface area contributed by atoms with Crippen molar-refractivity contribution in [2.45, 2.75) is 0 Å². The Morgan fingerprint density at radius 1 is 1.17 bits per heavy atom. The molecule has 2 aromatic carbocycles. The first-order chi connectivity index (χ1) is 11.2. The molecular weight excluding hydrogens is 344 g/mol. The molecule has 0 aromatic heterocycles. The summed E-state index contributed by atoms with van der Waals surface area (Å²) in [6, 6.07) is 14.6. The molecule has 1 N–H and O–H groups in total. The minimum Gasteiger partial charge on any atom is -0.872 e. The van der Waals surface area contributed by atoms with E-state index >= 15 is 0 Å². The van der Waals surface area contributed by atoms with Crippen LogP contribution in [0.2, 0.25) is 0 Å². The number of benzene rings is 1. The summed E-state index contributed by atoms with van der Waals surface area (Å²) in [6.07, 6.45) is 10.8. The molecule has 0 unspecified atom stereocenters. The summed E-state index contributed by atoms with van der Waals surface area (Å²) in [7, 11) is 1.51. The van der Waals surface area contributed by atoms with Crippen LogP contribution in [0.25, 0.3) is 5.76 Å². The van der Waals surface area contributed by atoms with E-state index in [1.54, 1.807) is 18.2 Å². The van der Waals surface area contributed by atoms with Gasteiger partial charge >= 0.3 is 17.1 Å². The number of phenolic OH excluding ortho intramolecular Hbond substituents is 1. The van der Waals surface area contributed by atoms with Gasteiger partial charge in [0.05, 0.1) is 7.11 Å². The monoisotopic (exact) mass is 362 g/mol. The third-order valence-corrected chi connectivity index (χ3v) is 3.14. The second-order valence-electron chi connectivity index (χ2n) is 4.76. The molecule has 0 heterocycles. The SMILES string of the molecule is COc1ccc(C([O-])=CC=C2C=CC=C2)c(O)c1.[Fe+2].c1cc[cH-]c1. The zero-order valence-electron chi connectivity index (χ0n) is 13.2. The van der Waals surface area contributed by atoms with Crippen LogP contribution in [-0.2, 0) is 17.1 Å². The fourth-order valence-corrected chi connectivity index (χ4v) is 1.93. The van der Waals surface area contributed by atoms with E-state index in [4.69, 9.17) is 4.74 Å². The van der Waals surface area contributed by atoms with E-state index < -0.39 is 0 Å². The molecule has 1 aliphatic carbocycles. The normalized spacial score (nSPS) is 12.2. The van der Waals surface area contributed by atoms with Gasteiger partial charge in [0.1, 0.15) is 11.5 Å². The van der Waals surface area contributed by atoms with E-state index in [0.29, 0.717) is 5.75 Å². The third-order valence-electron chi connectivity index (χ3n) is 3.14. The Hall–Kier alpha value is -2.55. The average molecular weight is 362 g/mol. The van der Waals surface area contributed by atoms with E-state index in [2.05, 4.69) is 0 Å².